The van der Waals surface area contributed by atoms with Crippen molar-refractivity contribution in [2.45, 2.75) is 0 Å². The van der Waals surface area contributed by atoms with Crippen molar-refractivity contribution >= 4 is 28.2 Å². The molecule has 0 bridgehead atoms. The van der Waals surface area contributed by atoms with Crippen LogP contribution in [-0.2, 0) is 0 Å². The van der Waals surface area contributed by atoms with Crippen molar-refractivity contribution in [3.05, 3.63) is 15.3 Å². The fraction of sp³-hybridized carbons (Fsp3) is 0. The average molecular weight is 238 g/mol. The van der Waals surface area contributed by atoms with Gasteiger partial charge in [0.05, 0.1) is 10.1 Å². The molecule has 0 spiro atoms. The first-order chi connectivity index (χ1) is 8.11. The summed E-state index contributed by atoms with van der Waals surface area (Å²) in [5, 5.41) is 35.6. The third kappa shape index (κ3) is 0.973. The molecule has 2 N–H and O–H groups in total. The zero-order valence-corrected chi connectivity index (χ0v) is 7.84. The monoisotopic (exact) mass is 238 g/mol. The van der Waals surface area contributed by atoms with Crippen molar-refractivity contribution in [2.75, 3.05) is 5.73 Å². The maximum Gasteiger partial charge on any atom is 0.347 e. The number of pyridine rings is 1. The lowest BCUT2D eigenvalue weighted by molar-refractivity contribution is -0.781. The van der Waals surface area contributed by atoms with Gasteiger partial charge in [-0.05, 0) is 15.3 Å². The van der Waals surface area contributed by atoms with Crippen LogP contribution in [0.25, 0.3) is 16.8 Å². The molecular formula is C5H2N8O4. The predicted octanol–water partition coefficient (Wildman–Crippen LogP) is -1.61. The van der Waals surface area contributed by atoms with Crippen LogP contribution in [0.3, 0.4) is 0 Å². The quantitative estimate of drug-likeness (QED) is 0.298. The van der Waals surface area contributed by atoms with E-state index in [1.807, 2.05) is 0 Å². The molecule has 0 aliphatic carbocycles. The number of hydrogen-bond acceptors (Lipinski definition) is 9. The Bertz CT molecular complexity index is 758. The lowest BCUT2D eigenvalue weighted by atomic mass is 10.3. The largest absolute Gasteiger partial charge is 0.389 e. The standard InChI is InChI=1S/C5H2N8O4/c6-1-2(12(14)15)4-7-9-10-11(4)5-3(1)13(16)17-8-5/h6H2. The summed E-state index contributed by atoms with van der Waals surface area (Å²) in [6, 6.07) is 0. The summed E-state index contributed by atoms with van der Waals surface area (Å²) in [7, 11) is 0. The Morgan fingerprint density at radius 3 is 2.94 bits per heavy atom. The fourth-order valence-electron chi connectivity index (χ4n) is 1.49. The number of rotatable bonds is 1. The lowest BCUT2D eigenvalue weighted by Crippen LogP contribution is -2.24. The van der Waals surface area contributed by atoms with E-state index in [1.165, 1.54) is 0 Å². The van der Waals surface area contributed by atoms with E-state index in [1.54, 1.807) is 0 Å². The number of aromatic nitrogens is 6. The second kappa shape index (κ2) is 2.75. The van der Waals surface area contributed by atoms with Crippen LogP contribution in [0, 0.1) is 15.3 Å². The zero-order valence-electron chi connectivity index (χ0n) is 7.84. The topological polar surface area (TPSA) is 165 Å². The van der Waals surface area contributed by atoms with Crippen molar-refractivity contribution in [1.29, 1.82) is 0 Å². The molecular weight excluding hydrogens is 236 g/mol. The van der Waals surface area contributed by atoms with E-state index in [2.05, 4.69) is 25.3 Å². The number of tetrazole rings is 1. The second-order valence-electron chi connectivity index (χ2n) is 3.04. The summed E-state index contributed by atoms with van der Waals surface area (Å²) in [5.41, 5.74) is 3.94. The van der Waals surface area contributed by atoms with Gasteiger partial charge >= 0.3 is 11.3 Å². The highest BCUT2D eigenvalue weighted by molar-refractivity contribution is 5.92. The van der Waals surface area contributed by atoms with Gasteiger partial charge in [-0.3, -0.25) is 14.7 Å². The molecule has 17 heavy (non-hydrogen) atoms. The first-order valence-electron chi connectivity index (χ1n) is 4.14. The zero-order chi connectivity index (χ0) is 12.2. The Kier molecular flexibility index (Phi) is 1.49. The normalized spacial score (nSPS) is 11.3. The van der Waals surface area contributed by atoms with E-state index in [0.717, 1.165) is 4.52 Å². The van der Waals surface area contributed by atoms with Crippen LogP contribution in [-0.4, -0.2) is 30.1 Å². The van der Waals surface area contributed by atoms with Gasteiger partial charge in [-0.2, -0.15) is 0 Å². The summed E-state index contributed by atoms with van der Waals surface area (Å²) in [5.74, 6) is 0. The summed E-state index contributed by atoms with van der Waals surface area (Å²) in [6.07, 6.45) is 0. The fourth-order valence-corrected chi connectivity index (χ4v) is 1.49. The highest BCUT2D eigenvalue weighted by Gasteiger charge is 2.31. The van der Waals surface area contributed by atoms with Crippen LogP contribution in [0.1, 0.15) is 0 Å². The van der Waals surface area contributed by atoms with Crippen molar-refractivity contribution < 1.29 is 14.5 Å². The minimum absolute atomic E-state index is 0.0429. The van der Waals surface area contributed by atoms with E-state index in [4.69, 9.17) is 5.73 Å². The number of nitro groups is 1. The Morgan fingerprint density at radius 2 is 2.24 bits per heavy atom. The average Bonchev–Trinajstić information content (AvgIpc) is 2.84. The molecule has 3 aromatic heterocycles. The van der Waals surface area contributed by atoms with Gasteiger partial charge in [-0.25, -0.2) is 0 Å². The third-order valence-electron chi connectivity index (χ3n) is 2.17. The molecule has 0 aliphatic heterocycles. The molecule has 12 heteroatoms. The van der Waals surface area contributed by atoms with E-state index >= 15 is 0 Å². The number of nitrogens with zero attached hydrogens (tertiary/aromatic N) is 7. The number of nitrogen functional groups attached to an aromatic ring is 1. The highest BCUT2D eigenvalue weighted by Crippen LogP contribution is 2.30. The number of nitrogens with two attached hydrogens (primary N) is 1. The third-order valence-corrected chi connectivity index (χ3v) is 2.17. The van der Waals surface area contributed by atoms with Crippen LogP contribution in [0.4, 0.5) is 11.4 Å². The minimum atomic E-state index is -0.784. The van der Waals surface area contributed by atoms with Gasteiger partial charge < -0.3 is 10.9 Å². The molecule has 0 saturated heterocycles. The van der Waals surface area contributed by atoms with Gasteiger partial charge in [0.2, 0.25) is 0 Å². The summed E-state index contributed by atoms with van der Waals surface area (Å²) in [4.78, 5) is 10.0. The molecule has 0 atom stereocenters. The molecule has 0 radical (unpaired) electrons. The smallest absolute Gasteiger partial charge is 0.347 e. The molecule has 0 unspecified atom stereocenters. The Morgan fingerprint density at radius 1 is 1.47 bits per heavy atom. The first-order valence-corrected chi connectivity index (χ1v) is 4.14. The SMILES string of the molecule is Nc1c([N+](=O)[O-])c2nnnn2c2no[n+]([O-])c12. The molecule has 0 aromatic carbocycles. The van der Waals surface area contributed by atoms with Gasteiger partial charge in [0.25, 0.3) is 11.2 Å². The van der Waals surface area contributed by atoms with E-state index in [9.17, 15) is 15.3 Å². The van der Waals surface area contributed by atoms with Gasteiger partial charge in [-0.1, -0.05) is 0 Å². The minimum Gasteiger partial charge on any atom is -0.389 e. The first kappa shape index (κ1) is 9.20. The molecule has 3 heterocycles. The van der Waals surface area contributed by atoms with Gasteiger partial charge in [-0.15, -0.1) is 9.61 Å². The van der Waals surface area contributed by atoms with Crippen LogP contribution >= 0.6 is 0 Å². The van der Waals surface area contributed by atoms with Gasteiger partial charge in [0, 0.05) is 0 Å². The van der Waals surface area contributed by atoms with Crippen molar-refractivity contribution in [3.63, 3.8) is 0 Å². The predicted molar refractivity (Wildman–Crippen MR) is 48.4 cm³/mol. The molecule has 3 rings (SSSR count). The molecule has 0 fully saturated rings. The molecule has 86 valence electrons. The second-order valence-corrected chi connectivity index (χ2v) is 3.04. The summed E-state index contributed by atoms with van der Waals surface area (Å²) in [6.45, 7) is 0. The molecule has 12 nitrogen and oxygen atoms in total. The lowest BCUT2D eigenvalue weighted by Gasteiger charge is -1.96. The molecule has 0 amide bonds. The van der Waals surface area contributed by atoms with E-state index in [0.29, 0.717) is 0 Å². The number of hydrogen-bond donors (Lipinski definition) is 1. The van der Waals surface area contributed by atoms with Crippen LogP contribution in [0.15, 0.2) is 4.63 Å². The highest BCUT2D eigenvalue weighted by atomic mass is 16.8. The van der Waals surface area contributed by atoms with Crippen molar-refractivity contribution in [1.82, 2.24) is 25.2 Å². The molecule has 3 aromatic rings. The van der Waals surface area contributed by atoms with Gasteiger partial charge in [0.15, 0.2) is 5.69 Å². The van der Waals surface area contributed by atoms with Gasteiger partial charge in [0.1, 0.15) is 0 Å². The number of anilines is 1. The number of fused-ring (bicyclic) bond motifs is 3. The van der Waals surface area contributed by atoms with Crippen molar-refractivity contribution in [2.24, 2.45) is 0 Å². The van der Waals surface area contributed by atoms with Crippen LogP contribution in [0.5, 0.6) is 0 Å². The Hall–Kier alpha value is -3.05. The maximum absolute atomic E-state index is 11.2. The summed E-state index contributed by atoms with van der Waals surface area (Å²) < 4.78 is 5.20. The molecule has 0 aliphatic rings. The Balaban J connectivity index is 2.67. The van der Waals surface area contributed by atoms with Crippen molar-refractivity contribution in [3.8, 4) is 0 Å². The Labute approximate surface area is 89.9 Å². The van der Waals surface area contributed by atoms with E-state index in [-0.39, 0.29) is 21.7 Å². The summed E-state index contributed by atoms with van der Waals surface area (Å²) >= 11 is 0. The molecule has 0 saturated carbocycles. The maximum atomic E-state index is 11.2. The van der Waals surface area contributed by atoms with Crippen LogP contribution in [0.2, 0.25) is 0 Å². The van der Waals surface area contributed by atoms with E-state index < -0.39 is 16.3 Å². The van der Waals surface area contributed by atoms with Crippen LogP contribution < -0.4 is 10.6 Å².